The number of nitrogens with zero attached hydrogens (tertiary/aromatic N) is 1. The third kappa shape index (κ3) is 4.22. The van der Waals surface area contributed by atoms with Crippen LogP contribution in [0, 0.1) is 0 Å². The number of carbonyl (C=O) groups is 2. The van der Waals surface area contributed by atoms with Crippen LogP contribution in [0.5, 0.6) is 0 Å². The molecule has 0 fully saturated rings. The number of esters is 1. The number of aliphatic carboxylic acids is 1. The first-order valence-corrected chi connectivity index (χ1v) is 5.70. The molecule has 0 radical (unpaired) electrons. The van der Waals surface area contributed by atoms with Gasteiger partial charge in [-0.05, 0) is 19.1 Å². The second-order valence-electron chi connectivity index (χ2n) is 3.61. The Hall–Kier alpha value is -2.15. The number of aromatic nitrogens is 1. The van der Waals surface area contributed by atoms with Crippen LogP contribution in [0.3, 0.4) is 0 Å². The van der Waals surface area contributed by atoms with E-state index >= 15 is 0 Å². The van der Waals surface area contributed by atoms with Gasteiger partial charge in [0.2, 0.25) is 0 Å². The summed E-state index contributed by atoms with van der Waals surface area (Å²) in [5.74, 6) is -1.49. The van der Waals surface area contributed by atoms with Crippen molar-refractivity contribution in [3.05, 3.63) is 23.9 Å². The van der Waals surface area contributed by atoms with Gasteiger partial charge in [-0.15, -0.1) is 0 Å². The summed E-state index contributed by atoms with van der Waals surface area (Å²) in [7, 11) is 1.39. The van der Waals surface area contributed by atoms with E-state index < -0.39 is 18.0 Å². The zero-order chi connectivity index (χ0) is 14.3. The molecule has 7 heteroatoms. The predicted molar refractivity (Wildman–Crippen MR) is 67.1 cm³/mol. The molecule has 1 unspecified atom stereocenters. The molecule has 2 N–H and O–H groups in total. The van der Waals surface area contributed by atoms with Crippen molar-refractivity contribution in [2.45, 2.75) is 13.0 Å². The lowest BCUT2D eigenvalue weighted by Crippen LogP contribution is -2.34. The fraction of sp³-hybridized carbons (Fsp3) is 0.417. The van der Waals surface area contributed by atoms with E-state index in [-0.39, 0.29) is 24.6 Å². The highest BCUT2D eigenvalue weighted by Crippen LogP contribution is 2.14. The van der Waals surface area contributed by atoms with Gasteiger partial charge in [-0.25, -0.2) is 14.6 Å². The Labute approximate surface area is 110 Å². The lowest BCUT2D eigenvalue weighted by Gasteiger charge is -2.15. The van der Waals surface area contributed by atoms with E-state index in [9.17, 15) is 9.59 Å². The fourth-order valence-corrected chi connectivity index (χ4v) is 1.40. The number of pyridine rings is 1. The van der Waals surface area contributed by atoms with Gasteiger partial charge in [0.05, 0.1) is 13.2 Å². The molecule has 0 amide bonds. The van der Waals surface area contributed by atoms with Crippen LogP contribution in [0.15, 0.2) is 18.3 Å². The van der Waals surface area contributed by atoms with Gasteiger partial charge in [0.15, 0.2) is 0 Å². The van der Waals surface area contributed by atoms with E-state index in [0.717, 1.165) is 0 Å². The first kappa shape index (κ1) is 14.9. The third-order valence-electron chi connectivity index (χ3n) is 2.25. The molecule has 0 aliphatic carbocycles. The molecule has 0 saturated carbocycles. The quantitative estimate of drug-likeness (QED) is 0.705. The maximum atomic E-state index is 11.7. The Kier molecular flexibility index (Phi) is 5.74. The first-order chi connectivity index (χ1) is 9.10. The van der Waals surface area contributed by atoms with Crippen LogP contribution >= 0.6 is 0 Å². The van der Waals surface area contributed by atoms with E-state index in [1.807, 2.05) is 0 Å². The molecule has 0 aliphatic rings. The molecular formula is C12H16N2O5. The minimum Gasteiger partial charge on any atom is -0.480 e. The number of ether oxygens (including phenoxy) is 2. The zero-order valence-electron chi connectivity index (χ0n) is 10.8. The molecule has 1 aromatic rings. The lowest BCUT2D eigenvalue weighted by atomic mass is 10.2. The van der Waals surface area contributed by atoms with Crippen molar-refractivity contribution in [1.29, 1.82) is 0 Å². The number of carboxylic acids is 1. The second-order valence-corrected chi connectivity index (χ2v) is 3.61. The number of carboxylic acid groups (broad SMARTS) is 1. The number of anilines is 1. The minimum atomic E-state index is -1.10. The van der Waals surface area contributed by atoms with Gasteiger partial charge in [0.25, 0.3) is 0 Å². The van der Waals surface area contributed by atoms with Gasteiger partial charge >= 0.3 is 11.9 Å². The third-order valence-corrected chi connectivity index (χ3v) is 2.25. The van der Waals surface area contributed by atoms with E-state index in [2.05, 4.69) is 10.3 Å². The molecule has 104 valence electrons. The normalized spacial score (nSPS) is 11.7. The van der Waals surface area contributed by atoms with Crippen molar-refractivity contribution >= 4 is 17.8 Å². The van der Waals surface area contributed by atoms with Gasteiger partial charge in [0, 0.05) is 13.3 Å². The van der Waals surface area contributed by atoms with Crippen molar-refractivity contribution in [3.63, 3.8) is 0 Å². The summed E-state index contributed by atoms with van der Waals surface area (Å²) in [6, 6.07) is 2.09. The number of hydrogen-bond donors (Lipinski definition) is 2. The summed E-state index contributed by atoms with van der Waals surface area (Å²) in [5.41, 5.74) is 0.187. The Bertz CT molecular complexity index is 450. The zero-order valence-corrected chi connectivity index (χ0v) is 10.8. The van der Waals surface area contributed by atoms with Gasteiger partial charge in [-0.2, -0.15) is 0 Å². The fourth-order valence-electron chi connectivity index (χ4n) is 1.40. The molecule has 1 atom stereocenters. The van der Waals surface area contributed by atoms with E-state index in [1.54, 1.807) is 13.0 Å². The number of carbonyl (C=O) groups excluding carboxylic acids is 1. The number of nitrogens with one attached hydrogen (secondary N) is 1. The summed E-state index contributed by atoms with van der Waals surface area (Å²) in [6.07, 6.45) is 1.46. The number of rotatable bonds is 7. The van der Waals surface area contributed by atoms with Gasteiger partial charge in [-0.1, -0.05) is 0 Å². The maximum absolute atomic E-state index is 11.7. The van der Waals surface area contributed by atoms with Crippen molar-refractivity contribution in [3.8, 4) is 0 Å². The smallest absolute Gasteiger partial charge is 0.341 e. The van der Waals surface area contributed by atoms with Crippen LogP contribution in [0.2, 0.25) is 0 Å². The maximum Gasteiger partial charge on any atom is 0.341 e. The number of methoxy groups -OCH3 is 1. The molecule has 0 aliphatic heterocycles. The Morgan fingerprint density at radius 1 is 1.53 bits per heavy atom. The first-order valence-electron chi connectivity index (χ1n) is 5.70. The monoisotopic (exact) mass is 268 g/mol. The molecule has 1 aromatic heterocycles. The summed E-state index contributed by atoms with van der Waals surface area (Å²) >= 11 is 0. The summed E-state index contributed by atoms with van der Waals surface area (Å²) in [6.45, 7) is 1.87. The molecule has 0 spiro atoms. The largest absolute Gasteiger partial charge is 0.480 e. The van der Waals surface area contributed by atoms with Crippen LogP contribution in [0.25, 0.3) is 0 Å². The molecule has 19 heavy (non-hydrogen) atoms. The molecule has 0 saturated heterocycles. The standard InChI is InChI=1S/C12H16N2O5/c1-3-19-12(17)8-5-4-6-13-10(8)14-9(7-18-2)11(15)16/h4-6,9H,3,7H2,1-2H3,(H,13,14)(H,15,16). The van der Waals surface area contributed by atoms with Crippen molar-refractivity contribution in [2.24, 2.45) is 0 Å². The van der Waals surface area contributed by atoms with E-state index in [0.29, 0.717) is 0 Å². The topological polar surface area (TPSA) is 97.8 Å². The average molecular weight is 268 g/mol. The summed E-state index contributed by atoms with van der Waals surface area (Å²) in [5, 5.41) is 11.7. The van der Waals surface area contributed by atoms with Gasteiger partial charge < -0.3 is 19.9 Å². The molecule has 0 bridgehead atoms. The van der Waals surface area contributed by atoms with Crippen molar-refractivity contribution in [2.75, 3.05) is 25.6 Å². The molecule has 1 heterocycles. The highest BCUT2D eigenvalue weighted by molar-refractivity contribution is 5.95. The van der Waals surface area contributed by atoms with Crippen LogP contribution in [-0.2, 0) is 14.3 Å². The SMILES string of the molecule is CCOC(=O)c1cccnc1NC(COC)C(=O)O. The van der Waals surface area contributed by atoms with Crippen LogP contribution in [0.4, 0.5) is 5.82 Å². The molecule has 0 aromatic carbocycles. The van der Waals surface area contributed by atoms with Crippen LogP contribution < -0.4 is 5.32 Å². The minimum absolute atomic E-state index is 0.0474. The summed E-state index contributed by atoms with van der Waals surface area (Å²) < 4.78 is 9.67. The molecule has 7 nitrogen and oxygen atoms in total. The van der Waals surface area contributed by atoms with E-state index in [4.69, 9.17) is 14.6 Å². The summed E-state index contributed by atoms with van der Waals surface area (Å²) in [4.78, 5) is 26.7. The van der Waals surface area contributed by atoms with Crippen LogP contribution in [-0.4, -0.2) is 48.4 Å². The van der Waals surface area contributed by atoms with Gasteiger partial charge in [0.1, 0.15) is 17.4 Å². The highest BCUT2D eigenvalue weighted by Gasteiger charge is 2.21. The van der Waals surface area contributed by atoms with Crippen LogP contribution in [0.1, 0.15) is 17.3 Å². The van der Waals surface area contributed by atoms with E-state index in [1.165, 1.54) is 19.4 Å². The predicted octanol–water partition coefficient (Wildman–Crippen LogP) is 0.770. The Balaban J connectivity index is 2.93. The number of hydrogen-bond acceptors (Lipinski definition) is 6. The second kappa shape index (κ2) is 7.32. The van der Waals surface area contributed by atoms with Gasteiger partial charge in [-0.3, -0.25) is 0 Å². The average Bonchev–Trinajstić information content (AvgIpc) is 2.39. The van der Waals surface area contributed by atoms with Crippen molar-refractivity contribution < 1.29 is 24.2 Å². The van der Waals surface area contributed by atoms with Crippen molar-refractivity contribution in [1.82, 2.24) is 4.98 Å². The molecule has 1 rings (SSSR count). The highest BCUT2D eigenvalue weighted by atomic mass is 16.5. The Morgan fingerprint density at radius 2 is 2.26 bits per heavy atom. The molecular weight excluding hydrogens is 252 g/mol. The lowest BCUT2D eigenvalue weighted by molar-refractivity contribution is -0.139. The Morgan fingerprint density at radius 3 is 2.84 bits per heavy atom.